The number of amides is 1. The molecule has 10 heteroatoms. The predicted molar refractivity (Wildman–Crippen MR) is 162 cm³/mol. The largest absolute Gasteiger partial charge is 0.573 e. The van der Waals surface area contributed by atoms with Crippen LogP contribution in [0.3, 0.4) is 0 Å². The van der Waals surface area contributed by atoms with E-state index in [2.05, 4.69) is 33.4 Å². The third-order valence-electron chi connectivity index (χ3n) is 7.67. The van der Waals surface area contributed by atoms with Crippen LogP contribution in [0.5, 0.6) is 5.75 Å². The van der Waals surface area contributed by atoms with Gasteiger partial charge in [-0.2, -0.15) is 0 Å². The van der Waals surface area contributed by atoms with Crippen LogP contribution in [0.4, 0.5) is 13.2 Å². The summed E-state index contributed by atoms with van der Waals surface area (Å²) in [5.74, 6) is -0.388. The standard InChI is InChI=1S/C33H44F3N3O4/c1-5-8-26(9-6-12-31(40)27-10-7-11-28(21-27)43-33(34,35)36)22-38(4)23-30-24(2)13-14-29(25(30)3)32(41)37-15-16-39-17-19-42-20-18-39/h7,10-11,13-14,21,23,26H,2,5-6,8-9,12,15-20,22H2,1,3-4H3,(H,37,41)/b30-23+. The van der Waals surface area contributed by atoms with Crippen LogP contribution in [-0.2, 0) is 4.74 Å². The van der Waals surface area contributed by atoms with Gasteiger partial charge in [0.2, 0.25) is 0 Å². The SMILES string of the molecule is C=c1ccc(C(=O)NCCN2CCOCC2)c(C)/c1=C/N(C)CC(CCC)CCCC(=O)c1cccc(OC(F)(F)F)c1. The minimum Gasteiger partial charge on any atom is -0.406 e. The van der Waals surface area contributed by atoms with Crippen LogP contribution in [0, 0.1) is 12.8 Å². The van der Waals surface area contributed by atoms with Gasteiger partial charge in [0.15, 0.2) is 5.78 Å². The number of morpholine rings is 1. The van der Waals surface area contributed by atoms with Crippen LogP contribution < -0.4 is 20.5 Å². The molecular formula is C33H44F3N3O4. The fourth-order valence-electron chi connectivity index (χ4n) is 5.44. The number of nitrogens with zero attached hydrogens (tertiary/aromatic N) is 2. The molecule has 1 heterocycles. The topological polar surface area (TPSA) is 71.1 Å². The number of rotatable bonds is 15. The van der Waals surface area contributed by atoms with Gasteiger partial charge in [0, 0.05) is 68.7 Å². The second kappa shape index (κ2) is 16.5. The van der Waals surface area contributed by atoms with Crippen LogP contribution in [0.15, 0.2) is 36.4 Å². The minimum atomic E-state index is -4.80. The number of carbonyl (C=O) groups excluding carboxylic acids is 2. The fraction of sp³-hybridized carbons (Fsp3) is 0.515. The molecule has 43 heavy (non-hydrogen) atoms. The van der Waals surface area contributed by atoms with Crippen molar-refractivity contribution in [1.82, 2.24) is 15.1 Å². The molecule has 1 aliphatic rings. The molecular weight excluding hydrogens is 559 g/mol. The van der Waals surface area contributed by atoms with E-state index in [1.54, 1.807) is 0 Å². The number of halogens is 3. The number of ketones is 1. The minimum absolute atomic E-state index is 0.105. The normalized spacial score (nSPS) is 15.3. The van der Waals surface area contributed by atoms with Crippen molar-refractivity contribution in [2.75, 3.05) is 53.0 Å². The summed E-state index contributed by atoms with van der Waals surface area (Å²) in [6.07, 6.45) is 0.865. The summed E-state index contributed by atoms with van der Waals surface area (Å²) in [5, 5.41) is 4.79. The lowest BCUT2D eigenvalue weighted by atomic mass is 9.94. The Morgan fingerprint density at radius 1 is 1.19 bits per heavy atom. The molecule has 7 nitrogen and oxygen atoms in total. The molecule has 236 valence electrons. The maximum absolute atomic E-state index is 13.0. The van der Waals surface area contributed by atoms with E-state index in [0.717, 1.165) is 80.7 Å². The van der Waals surface area contributed by atoms with Crippen LogP contribution in [0.25, 0.3) is 12.8 Å². The molecule has 1 N–H and O–H groups in total. The summed E-state index contributed by atoms with van der Waals surface area (Å²) < 4.78 is 47.0. The maximum atomic E-state index is 13.0. The lowest BCUT2D eigenvalue weighted by Gasteiger charge is -2.26. The third-order valence-corrected chi connectivity index (χ3v) is 7.67. The summed E-state index contributed by atoms with van der Waals surface area (Å²) in [6, 6.07) is 8.91. The zero-order chi connectivity index (χ0) is 31.4. The maximum Gasteiger partial charge on any atom is 0.573 e. The molecule has 0 saturated carbocycles. The monoisotopic (exact) mass is 603 g/mol. The number of hydrogen-bond acceptors (Lipinski definition) is 6. The highest BCUT2D eigenvalue weighted by atomic mass is 19.4. The Balaban J connectivity index is 1.58. The number of nitrogens with one attached hydrogen (secondary N) is 1. The lowest BCUT2D eigenvalue weighted by Crippen LogP contribution is -2.41. The molecule has 0 aliphatic carbocycles. The first kappa shape index (κ1) is 34.1. The summed E-state index contributed by atoms with van der Waals surface area (Å²) in [6.45, 7) is 13.5. The van der Waals surface area contributed by atoms with Crippen molar-refractivity contribution in [3.8, 4) is 5.75 Å². The van der Waals surface area contributed by atoms with Crippen molar-refractivity contribution in [1.29, 1.82) is 0 Å². The molecule has 1 aliphatic heterocycles. The van der Waals surface area contributed by atoms with Gasteiger partial charge in [0.25, 0.3) is 5.91 Å². The molecule has 0 radical (unpaired) electrons. The van der Waals surface area contributed by atoms with Gasteiger partial charge in [-0.15, -0.1) is 13.2 Å². The first-order chi connectivity index (χ1) is 20.5. The van der Waals surface area contributed by atoms with Gasteiger partial charge in [-0.25, -0.2) is 0 Å². The Kier molecular flexibility index (Phi) is 13.1. The highest BCUT2D eigenvalue weighted by molar-refractivity contribution is 5.96. The number of ether oxygens (including phenoxy) is 2. The quantitative estimate of drug-likeness (QED) is 0.303. The average Bonchev–Trinajstić information content (AvgIpc) is 2.95. The molecule has 0 spiro atoms. The number of hydrogen-bond donors (Lipinski definition) is 1. The van der Waals surface area contributed by atoms with Crippen molar-refractivity contribution in [3.63, 3.8) is 0 Å². The molecule has 0 aromatic heterocycles. The molecule has 1 fully saturated rings. The molecule has 1 amide bonds. The Labute approximate surface area is 252 Å². The smallest absolute Gasteiger partial charge is 0.406 e. The molecule has 3 rings (SSSR count). The van der Waals surface area contributed by atoms with E-state index in [4.69, 9.17) is 4.74 Å². The number of Topliss-reactive ketones (excluding diaryl/α,β-unsaturated/α-hetero) is 1. The van der Waals surface area contributed by atoms with Crippen molar-refractivity contribution in [3.05, 3.63) is 63.5 Å². The van der Waals surface area contributed by atoms with E-state index in [9.17, 15) is 22.8 Å². The molecule has 1 atom stereocenters. The van der Waals surface area contributed by atoms with Crippen LogP contribution in [-0.4, -0.2) is 80.8 Å². The van der Waals surface area contributed by atoms with Crippen molar-refractivity contribution in [2.45, 2.75) is 52.3 Å². The Bertz CT molecular complexity index is 1330. The Morgan fingerprint density at radius 2 is 1.93 bits per heavy atom. The third kappa shape index (κ3) is 11.3. The predicted octanol–water partition coefficient (Wildman–Crippen LogP) is 4.51. The van der Waals surface area contributed by atoms with E-state index in [1.807, 2.05) is 32.3 Å². The Hall–Kier alpha value is -3.37. The van der Waals surface area contributed by atoms with Gasteiger partial charge in [-0.1, -0.05) is 38.1 Å². The summed E-state index contributed by atoms with van der Waals surface area (Å²) in [5.41, 5.74) is 1.71. The lowest BCUT2D eigenvalue weighted by molar-refractivity contribution is -0.274. The fourth-order valence-corrected chi connectivity index (χ4v) is 5.44. The number of benzene rings is 2. The van der Waals surface area contributed by atoms with Gasteiger partial charge < -0.3 is 19.7 Å². The van der Waals surface area contributed by atoms with Crippen molar-refractivity contribution >= 4 is 24.5 Å². The molecule has 2 aromatic rings. The molecule has 2 aromatic carbocycles. The second-order valence-corrected chi connectivity index (χ2v) is 11.1. The zero-order valence-electron chi connectivity index (χ0n) is 25.5. The molecule has 0 bridgehead atoms. The van der Waals surface area contributed by atoms with E-state index >= 15 is 0 Å². The highest BCUT2D eigenvalue weighted by Gasteiger charge is 2.31. The highest BCUT2D eigenvalue weighted by Crippen LogP contribution is 2.24. The van der Waals surface area contributed by atoms with Gasteiger partial charge in [0.05, 0.1) is 13.2 Å². The van der Waals surface area contributed by atoms with Gasteiger partial charge in [0.1, 0.15) is 5.75 Å². The van der Waals surface area contributed by atoms with E-state index < -0.39 is 12.1 Å². The van der Waals surface area contributed by atoms with Crippen LogP contribution in [0.2, 0.25) is 0 Å². The number of carbonyl (C=O) groups is 2. The van der Waals surface area contributed by atoms with Crippen LogP contribution in [0.1, 0.15) is 65.3 Å². The van der Waals surface area contributed by atoms with Crippen molar-refractivity contribution in [2.24, 2.45) is 5.92 Å². The zero-order valence-corrected chi connectivity index (χ0v) is 25.5. The van der Waals surface area contributed by atoms with Crippen LogP contribution >= 0.6 is 0 Å². The van der Waals surface area contributed by atoms with Gasteiger partial charge >= 0.3 is 6.36 Å². The van der Waals surface area contributed by atoms with E-state index in [-0.39, 0.29) is 23.7 Å². The van der Waals surface area contributed by atoms with E-state index in [1.165, 1.54) is 18.2 Å². The second-order valence-electron chi connectivity index (χ2n) is 11.1. The van der Waals surface area contributed by atoms with Gasteiger partial charge in [-0.3, -0.25) is 14.5 Å². The summed E-state index contributed by atoms with van der Waals surface area (Å²) >= 11 is 0. The number of alkyl halides is 3. The Morgan fingerprint density at radius 3 is 2.63 bits per heavy atom. The summed E-state index contributed by atoms with van der Waals surface area (Å²) in [7, 11) is 1.99. The first-order valence-electron chi connectivity index (χ1n) is 14.9. The first-order valence-corrected chi connectivity index (χ1v) is 14.9. The van der Waals surface area contributed by atoms with Gasteiger partial charge in [-0.05, 0) is 61.1 Å². The summed E-state index contributed by atoms with van der Waals surface area (Å²) in [4.78, 5) is 30.0. The van der Waals surface area contributed by atoms with Crippen molar-refractivity contribution < 1.29 is 32.2 Å². The molecule has 1 saturated heterocycles. The average molecular weight is 604 g/mol. The van der Waals surface area contributed by atoms with E-state index in [0.29, 0.717) is 24.4 Å². The molecule has 1 unspecified atom stereocenters.